The predicted octanol–water partition coefficient (Wildman–Crippen LogP) is 12.1. The molecule has 0 amide bonds. The molecule has 3 heterocycles. The Morgan fingerprint density at radius 1 is 0.265 bits per heavy atom. The first-order valence-corrected chi connectivity index (χ1v) is 16.9. The van der Waals surface area contributed by atoms with Gasteiger partial charge in [-0.25, -0.2) is 0 Å². The largest absolute Gasteiger partial charge is 0.309 e. The van der Waals surface area contributed by atoms with Crippen LogP contribution in [0.1, 0.15) is 0 Å². The lowest BCUT2D eigenvalue weighted by atomic mass is 10.0. The standard InChI is InChI=1S/C46H29N3/c1-3-15-32(16-4-1)48-39-21-11-9-19-35(39)37-25-27-41-43(45(37)48)44-42(47(41)34-24-23-30-13-7-8-14-31(30)29-34)28-26-38-36-20-10-12-22-40(36)49(46(38)44)33-17-5-2-6-18-33/h1-29H. The maximum atomic E-state index is 2.48. The zero-order valence-corrected chi connectivity index (χ0v) is 26.6. The summed E-state index contributed by atoms with van der Waals surface area (Å²) in [6.45, 7) is 0. The second-order valence-electron chi connectivity index (χ2n) is 13.0. The van der Waals surface area contributed by atoms with Gasteiger partial charge in [0.2, 0.25) is 0 Å². The van der Waals surface area contributed by atoms with Gasteiger partial charge in [-0.15, -0.1) is 0 Å². The van der Waals surface area contributed by atoms with Crippen LogP contribution in [0.2, 0.25) is 0 Å². The summed E-state index contributed by atoms with van der Waals surface area (Å²) in [5.41, 5.74) is 10.7. The van der Waals surface area contributed by atoms with Crippen LogP contribution in [0.4, 0.5) is 0 Å². The highest BCUT2D eigenvalue weighted by Gasteiger charge is 2.25. The quantitative estimate of drug-likeness (QED) is 0.186. The minimum Gasteiger partial charge on any atom is -0.309 e. The third-order valence-corrected chi connectivity index (χ3v) is 10.4. The van der Waals surface area contributed by atoms with Crippen LogP contribution in [-0.2, 0) is 0 Å². The first kappa shape index (κ1) is 26.5. The molecule has 0 aliphatic carbocycles. The van der Waals surface area contributed by atoms with Crippen molar-refractivity contribution >= 4 is 76.2 Å². The second kappa shape index (κ2) is 9.96. The molecule has 0 spiro atoms. The summed E-state index contributed by atoms with van der Waals surface area (Å²) >= 11 is 0. The van der Waals surface area contributed by atoms with E-state index in [4.69, 9.17) is 0 Å². The molecule has 0 N–H and O–H groups in total. The number of hydrogen-bond acceptors (Lipinski definition) is 0. The molecule has 11 aromatic rings. The molecule has 0 fully saturated rings. The van der Waals surface area contributed by atoms with Gasteiger partial charge in [0, 0.05) is 49.4 Å². The number of para-hydroxylation sites is 4. The van der Waals surface area contributed by atoms with E-state index in [0.29, 0.717) is 0 Å². The van der Waals surface area contributed by atoms with Gasteiger partial charge in [0.25, 0.3) is 0 Å². The fourth-order valence-corrected chi connectivity index (χ4v) is 8.37. The van der Waals surface area contributed by atoms with Crippen LogP contribution in [-0.4, -0.2) is 13.7 Å². The zero-order valence-electron chi connectivity index (χ0n) is 26.6. The molecular weight excluding hydrogens is 595 g/mol. The van der Waals surface area contributed by atoms with Gasteiger partial charge in [0.05, 0.1) is 33.1 Å². The highest BCUT2D eigenvalue weighted by atomic mass is 15.0. The molecule has 3 heteroatoms. The van der Waals surface area contributed by atoms with E-state index in [1.165, 1.54) is 76.2 Å². The van der Waals surface area contributed by atoms with Crippen molar-refractivity contribution in [3.63, 3.8) is 0 Å². The SMILES string of the molecule is c1ccc(-n2c3ccccc3c3ccc4c(c5c(ccc6c7ccccc7n(-c7ccccc7)c65)n4-c4ccc5ccccc5c4)c32)cc1. The van der Waals surface area contributed by atoms with Crippen molar-refractivity contribution in [1.82, 2.24) is 13.7 Å². The number of fused-ring (bicyclic) bond motifs is 12. The second-order valence-corrected chi connectivity index (χ2v) is 13.0. The zero-order chi connectivity index (χ0) is 32.1. The Labute approximate surface area is 282 Å². The first-order valence-electron chi connectivity index (χ1n) is 16.9. The summed E-state index contributed by atoms with van der Waals surface area (Å²) in [4.78, 5) is 0. The maximum Gasteiger partial charge on any atom is 0.0642 e. The molecule has 0 aliphatic rings. The maximum absolute atomic E-state index is 2.48. The molecule has 0 saturated heterocycles. The lowest BCUT2D eigenvalue weighted by molar-refractivity contribution is 1.17. The Balaban J connectivity index is 1.44. The summed E-state index contributed by atoms with van der Waals surface area (Å²) in [5, 5.41) is 10.0. The van der Waals surface area contributed by atoms with Crippen LogP contribution in [0.15, 0.2) is 176 Å². The van der Waals surface area contributed by atoms with Crippen molar-refractivity contribution in [3.05, 3.63) is 176 Å². The Hall–Kier alpha value is -6.58. The molecule has 11 rings (SSSR count). The van der Waals surface area contributed by atoms with Gasteiger partial charge < -0.3 is 13.7 Å². The minimum atomic E-state index is 1.15. The van der Waals surface area contributed by atoms with Gasteiger partial charge in [-0.3, -0.25) is 0 Å². The Morgan fingerprint density at radius 3 is 1.29 bits per heavy atom. The van der Waals surface area contributed by atoms with Gasteiger partial charge in [-0.2, -0.15) is 0 Å². The summed E-state index contributed by atoms with van der Waals surface area (Å²) in [7, 11) is 0. The number of rotatable bonds is 3. The van der Waals surface area contributed by atoms with Crippen LogP contribution < -0.4 is 0 Å². The van der Waals surface area contributed by atoms with E-state index in [1.807, 2.05) is 0 Å². The molecule has 228 valence electrons. The third kappa shape index (κ3) is 3.62. The average Bonchev–Trinajstić information content (AvgIpc) is 3.81. The fourth-order valence-electron chi connectivity index (χ4n) is 8.37. The van der Waals surface area contributed by atoms with Gasteiger partial charge in [0.15, 0.2) is 0 Å². The normalized spacial score (nSPS) is 12.1. The van der Waals surface area contributed by atoms with Crippen LogP contribution in [0, 0.1) is 0 Å². The van der Waals surface area contributed by atoms with E-state index in [0.717, 1.165) is 17.1 Å². The van der Waals surface area contributed by atoms with Gasteiger partial charge >= 0.3 is 0 Å². The van der Waals surface area contributed by atoms with Crippen molar-refractivity contribution < 1.29 is 0 Å². The van der Waals surface area contributed by atoms with Crippen molar-refractivity contribution in [3.8, 4) is 17.1 Å². The number of nitrogens with zero attached hydrogens (tertiary/aromatic N) is 3. The van der Waals surface area contributed by atoms with E-state index < -0.39 is 0 Å². The molecule has 0 bridgehead atoms. The van der Waals surface area contributed by atoms with Crippen molar-refractivity contribution in [2.45, 2.75) is 0 Å². The Kier molecular flexibility index (Phi) is 5.38. The molecule has 0 radical (unpaired) electrons. The highest BCUT2D eigenvalue weighted by molar-refractivity contribution is 6.33. The molecular formula is C46H29N3. The summed E-state index contributed by atoms with van der Waals surface area (Å²) in [6.07, 6.45) is 0. The summed E-state index contributed by atoms with van der Waals surface area (Å²) in [5.74, 6) is 0. The molecule has 8 aromatic carbocycles. The average molecular weight is 624 g/mol. The first-order chi connectivity index (χ1) is 24.3. The summed E-state index contributed by atoms with van der Waals surface area (Å²) in [6, 6.07) is 64.2. The van der Waals surface area contributed by atoms with Crippen LogP contribution in [0.25, 0.3) is 93.3 Å². The van der Waals surface area contributed by atoms with E-state index in [9.17, 15) is 0 Å². The lowest BCUT2D eigenvalue weighted by Gasteiger charge is -2.11. The molecule has 0 aliphatic heterocycles. The van der Waals surface area contributed by atoms with E-state index in [2.05, 4.69) is 190 Å². The van der Waals surface area contributed by atoms with Crippen molar-refractivity contribution in [2.24, 2.45) is 0 Å². The molecule has 3 aromatic heterocycles. The number of hydrogen-bond donors (Lipinski definition) is 0. The van der Waals surface area contributed by atoms with Gasteiger partial charge in [0.1, 0.15) is 0 Å². The van der Waals surface area contributed by atoms with Crippen LogP contribution >= 0.6 is 0 Å². The van der Waals surface area contributed by atoms with Gasteiger partial charge in [-0.1, -0.05) is 115 Å². The Morgan fingerprint density at radius 2 is 0.735 bits per heavy atom. The monoisotopic (exact) mass is 623 g/mol. The molecule has 0 atom stereocenters. The minimum absolute atomic E-state index is 1.15. The number of aromatic nitrogens is 3. The smallest absolute Gasteiger partial charge is 0.0642 e. The topological polar surface area (TPSA) is 14.8 Å². The number of benzene rings is 8. The van der Waals surface area contributed by atoms with E-state index in [1.54, 1.807) is 0 Å². The van der Waals surface area contributed by atoms with Crippen LogP contribution in [0.5, 0.6) is 0 Å². The third-order valence-electron chi connectivity index (χ3n) is 10.4. The van der Waals surface area contributed by atoms with E-state index >= 15 is 0 Å². The lowest BCUT2D eigenvalue weighted by Crippen LogP contribution is -1.95. The van der Waals surface area contributed by atoms with Crippen molar-refractivity contribution in [1.29, 1.82) is 0 Å². The molecule has 3 nitrogen and oxygen atoms in total. The van der Waals surface area contributed by atoms with E-state index in [-0.39, 0.29) is 0 Å². The van der Waals surface area contributed by atoms with Crippen molar-refractivity contribution in [2.75, 3.05) is 0 Å². The molecule has 49 heavy (non-hydrogen) atoms. The fraction of sp³-hybridized carbons (Fsp3) is 0. The van der Waals surface area contributed by atoms with Gasteiger partial charge in [-0.05, 0) is 71.4 Å². The predicted molar refractivity (Wildman–Crippen MR) is 207 cm³/mol. The summed E-state index contributed by atoms with van der Waals surface area (Å²) < 4.78 is 7.44. The van der Waals surface area contributed by atoms with Crippen LogP contribution in [0.3, 0.4) is 0 Å². The molecule has 0 saturated carbocycles. The highest BCUT2D eigenvalue weighted by Crippen LogP contribution is 2.46. The molecule has 0 unspecified atom stereocenters. The Bertz CT molecular complexity index is 2910.